The third-order valence-corrected chi connectivity index (χ3v) is 7.17. The van der Waals surface area contributed by atoms with Crippen molar-refractivity contribution >= 4 is 44.7 Å². The minimum atomic E-state index is -3.23. The Kier molecular flexibility index (Phi) is 5.91. The molecule has 1 saturated heterocycles. The standard InChI is InChI=1S/C18H25ClN4O3S2/c1-18(2,3)17(24)23-16(20-10-13-5-6-15(19)27-13)9-14(21-23)12-7-8-22(11-12)28(4,25)26/h5-6,9,12,20H,7-8,10-11H2,1-4H3. The van der Waals surface area contributed by atoms with E-state index in [-0.39, 0.29) is 11.8 Å². The van der Waals surface area contributed by atoms with Gasteiger partial charge in [0.2, 0.25) is 10.0 Å². The fourth-order valence-electron chi connectivity index (χ4n) is 3.09. The molecule has 1 aliphatic rings. The van der Waals surface area contributed by atoms with Gasteiger partial charge < -0.3 is 5.32 Å². The monoisotopic (exact) mass is 444 g/mol. The molecule has 3 rings (SSSR count). The third kappa shape index (κ3) is 4.76. The molecule has 154 valence electrons. The highest BCUT2D eigenvalue weighted by molar-refractivity contribution is 7.88. The summed E-state index contributed by atoms with van der Waals surface area (Å²) in [6.07, 6.45) is 1.91. The summed E-state index contributed by atoms with van der Waals surface area (Å²) in [7, 11) is -3.23. The van der Waals surface area contributed by atoms with E-state index < -0.39 is 15.4 Å². The fraction of sp³-hybridized carbons (Fsp3) is 0.556. The predicted octanol–water partition coefficient (Wildman–Crippen LogP) is 3.65. The van der Waals surface area contributed by atoms with Gasteiger partial charge in [-0.3, -0.25) is 4.79 Å². The first kappa shape index (κ1) is 21.3. The van der Waals surface area contributed by atoms with Crippen LogP contribution in [0.1, 0.15) is 48.5 Å². The first-order valence-corrected chi connectivity index (χ1v) is 12.1. The predicted molar refractivity (Wildman–Crippen MR) is 113 cm³/mol. The van der Waals surface area contributed by atoms with Crippen molar-refractivity contribution < 1.29 is 13.2 Å². The molecule has 1 atom stereocenters. The molecular weight excluding hydrogens is 420 g/mol. The summed E-state index contributed by atoms with van der Waals surface area (Å²) in [5, 5.41) is 7.83. The Morgan fingerprint density at radius 1 is 1.39 bits per heavy atom. The molecule has 0 spiro atoms. The van der Waals surface area contributed by atoms with E-state index >= 15 is 0 Å². The summed E-state index contributed by atoms with van der Waals surface area (Å²) in [4.78, 5) is 13.9. The van der Waals surface area contributed by atoms with Crippen molar-refractivity contribution in [3.8, 4) is 0 Å². The number of sulfonamides is 1. The Labute approximate surface area is 174 Å². The SMILES string of the molecule is CC(C)(C)C(=O)n1nc(C2CCN(S(C)(=O)=O)C2)cc1NCc1ccc(Cl)s1. The molecule has 0 amide bonds. The molecule has 1 unspecified atom stereocenters. The summed E-state index contributed by atoms with van der Waals surface area (Å²) in [6.45, 7) is 6.93. The Balaban J connectivity index is 1.86. The molecular formula is C18H25ClN4O3S2. The average Bonchev–Trinajstić information content (AvgIpc) is 3.29. The minimum absolute atomic E-state index is 0.0273. The molecule has 7 nitrogen and oxygen atoms in total. The van der Waals surface area contributed by atoms with E-state index in [4.69, 9.17) is 11.6 Å². The number of carbonyl (C=O) groups excluding carboxylic acids is 1. The number of hydrogen-bond donors (Lipinski definition) is 1. The number of anilines is 1. The highest BCUT2D eigenvalue weighted by atomic mass is 35.5. The molecule has 0 aliphatic carbocycles. The zero-order valence-corrected chi connectivity index (χ0v) is 18.8. The molecule has 28 heavy (non-hydrogen) atoms. The van der Waals surface area contributed by atoms with Gasteiger partial charge in [0.25, 0.3) is 5.91 Å². The van der Waals surface area contributed by atoms with Crippen molar-refractivity contribution in [1.29, 1.82) is 0 Å². The van der Waals surface area contributed by atoms with E-state index in [2.05, 4.69) is 10.4 Å². The first-order chi connectivity index (χ1) is 12.9. The normalized spacial score (nSPS) is 18.5. The molecule has 2 aromatic heterocycles. The van der Waals surface area contributed by atoms with Crippen LogP contribution < -0.4 is 5.32 Å². The molecule has 0 radical (unpaired) electrons. The quantitative estimate of drug-likeness (QED) is 0.760. The van der Waals surface area contributed by atoms with E-state index in [1.54, 1.807) is 0 Å². The Bertz CT molecular complexity index is 975. The van der Waals surface area contributed by atoms with Gasteiger partial charge in [-0.15, -0.1) is 11.3 Å². The van der Waals surface area contributed by atoms with Crippen LogP contribution in [0.5, 0.6) is 0 Å². The topological polar surface area (TPSA) is 84.3 Å². The van der Waals surface area contributed by atoms with Crippen LogP contribution in [-0.2, 0) is 16.6 Å². The molecule has 1 aliphatic heterocycles. The van der Waals surface area contributed by atoms with Gasteiger partial charge in [-0.05, 0) is 18.6 Å². The number of carbonyl (C=O) groups is 1. The molecule has 1 N–H and O–H groups in total. The van der Waals surface area contributed by atoms with Crippen LogP contribution in [-0.4, -0.2) is 47.8 Å². The van der Waals surface area contributed by atoms with Crippen molar-refractivity contribution in [2.24, 2.45) is 5.41 Å². The summed E-state index contributed by atoms with van der Waals surface area (Å²) < 4.78 is 27.2. The van der Waals surface area contributed by atoms with Gasteiger partial charge in [-0.2, -0.15) is 9.78 Å². The van der Waals surface area contributed by atoms with Gasteiger partial charge >= 0.3 is 0 Å². The molecule has 0 aromatic carbocycles. The number of aromatic nitrogens is 2. The molecule has 3 heterocycles. The molecule has 10 heteroatoms. The van der Waals surface area contributed by atoms with E-state index in [1.165, 1.54) is 26.6 Å². The lowest BCUT2D eigenvalue weighted by Gasteiger charge is -2.18. The van der Waals surface area contributed by atoms with E-state index in [0.29, 0.717) is 36.2 Å². The van der Waals surface area contributed by atoms with Crippen LogP contribution in [0.4, 0.5) is 5.82 Å². The summed E-state index contributed by atoms with van der Waals surface area (Å²) in [5.41, 5.74) is 0.135. The third-order valence-electron chi connectivity index (χ3n) is 4.67. The van der Waals surface area contributed by atoms with Crippen LogP contribution in [0.3, 0.4) is 0 Å². The Morgan fingerprint density at radius 3 is 2.64 bits per heavy atom. The van der Waals surface area contributed by atoms with Gasteiger partial charge in [0.1, 0.15) is 5.82 Å². The number of hydrogen-bond acceptors (Lipinski definition) is 6. The molecule has 0 bridgehead atoms. The fourth-order valence-corrected chi connectivity index (χ4v) is 5.01. The van der Waals surface area contributed by atoms with Gasteiger partial charge in [0, 0.05) is 35.4 Å². The van der Waals surface area contributed by atoms with Crippen LogP contribution in [0.25, 0.3) is 0 Å². The first-order valence-electron chi connectivity index (χ1n) is 9.03. The van der Waals surface area contributed by atoms with Crippen molar-refractivity contribution in [3.05, 3.63) is 33.1 Å². The molecule has 2 aromatic rings. The van der Waals surface area contributed by atoms with E-state index in [0.717, 1.165) is 10.6 Å². The Morgan fingerprint density at radius 2 is 2.11 bits per heavy atom. The van der Waals surface area contributed by atoms with Crippen LogP contribution >= 0.6 is 22.9 Å². The highest BCUT2D eigenvalue weighted by Crippen LogP contribution is 2.31. The zero-order valence-electron chi connectivity index (χ0n) is 16.4. The number of nitrogens with one attached hydrogen (secondary N) is 1. The zero-order chi connectivity index (χ0) is 20.7. The summed E-state index contributed by atoms with van der Waals surface area (Å²) >= 11 is 7.47. The smallest absolute Gasteiger partial charge is 0.254 e. The van der Waals surface area contributed by atoms with Crippen molar-refractivity contribution in [2.45, 2.75) is 39.7 Å². The maximum Gasteiger partial charge on any atom is 0.254 e. The van der Waals surface area contributed by atoms with Gasteiger partial charge in [-0.1, -0.05) is 32.4 Å². The maximum atomic E-state index is 12.9. The second kappa shape index (κ2) is 7.78. The van der Waals surface area contributed by atoms with Crippen LogP contribution in [0.2, 0.25) is 4.34 Å². The van der Waals surface area contributed by atoms with E-state index in [1.807, 2.05) is 39.0 Å². The van der Waals surface area contributed by atoms with Crippen LogP contribution in [0, 0.1) is 5.41 Å². The number of halogens is 1. The maximum absolute atomic E-state index is 12.9. The lowest BCUT2D eigenvalue weighted by molar-refractivity contribution is 0.0751. The van der Waals surface area contributed by atoms with Crippen molar-refractivity contribution in [2.75, 3.05) is 24.7 Å². The summed E-state index contributed by atoms with van der Waals surface area (Å²) in [6, 6.07) is 5.63. The second-order valence-corrected chi connectivity index (χ2v) is 11.9. The lowest BCUT2D eigenvalue weighted by Crippen LogP contribution is -2.29. The summed E-state index contributed by atoms with van der Waals surface area (Å²) in [5.74, 6) is 0.459. The number of nitrogens with zero attached hydrogens (tertiary/aromatic N) is 3. The molecule has 0 saturated carbocycles. The second-order valence-electron chi connectivity index (χ2n) is 8.09. The van der Waals surface area contributed by atoms with Crippen LogP contribution in [0.15, 0.2) is 18.2 Å². The molecule has 1 fully saturated rings. The number of rotatable bonds is 5. The van der Waals surface area contributed by atoms with Gasteiger partial charge in [-0.25, -0.2) is 12.7 Å². The van der Waals surface area contributed by atoms with Crippen molar-refractivity contribution in [3.63, 3.8) is 0 Å². The van der Waals surface area contributed by atoms with E-state index in [9.17, 15) is 13.2 Å². The average molecular weight is 445 g/mol. The van der Waals surface area contributed by atoms with Crippen molar-refractivity contribution in [1.82, 2.24) is 14.1 Å². The largest absolute Gasteiger partial charge is 0.365 e. The number of thiophene rings is 1. The van der Waals surface area contributed by atoms with Gasteiger partial charge in [0.05, 0.1) is 22.8 Å². The minimum Gasteiger partial charge on any atom is -0.365 e. The Hall–Kier alpha value is -1.42. The highest BCUT2D eigenvalue weighted by Gasteiger charge is 2.33. The lowest BCUT2D eigenvalue weighted by atomic mass is 9.96. The van der Waals surface area contributed by atoms with Gasteiger partial charge in [0.15, 0.2) is 0 Å².